The molecule has 0 aromatic carbocycles. The van der Waals surface area contributed by atoms with Crippen molar-refractivity contribution < 1.29 is 9.59 Å². The molecular weight excluding hydrogens is 220 g/mol. The molecule has 2 aliphatic heterocycles. The lowest BCUT2D eigenvalue weighted by molar-refractivity contribution is -0.132. The Bertz CT molecular complexity index is 347. The Morgan fingerprint density at radius 2 is 2.18 bits per heavy atom. The first kappa shape index (κ1) is 12.0. The molecule has 0 saturated carbocycles. The van der Waals surface area contributed by atoms with Crippen LogP contribution in [0, 0.1) is 5.92 Å². The highest BCUT2D eigenvalue weighted by Crippen LogP contribution is 2.14. The number of hydrogen-bond acceptors (Lipinski definition) is 4. The standard InChI is InChI=1S/C11H18N4O2/c1-8-9(11(17)14-13-8)2-3-10(16)15-6-4-12-5-7-15/h9,12H,2-7H2,1H3,(H,14,17). The number of rotatable bonds is 3. The van der Waals surface area contributed by atoms with Gasteiger partial charge in [-0.3, -0.25) is 9.59 Å². The van der Waals surface area contributed by atoms with E-state index in [1.807, 2.05) is 11.8 Å². The second-order valence-corrected chi connectivity index (χ2v) is 4.45. The summed E-state index contributed by atoms with van der Waals surface area (Å²) in [5, 5.41) is 7.08. The van der Waals surface area contributed by atoms with Gasteiger partial charge in [0.05, 0.1) is 5.92 Å². The van der Waals surface area contributed by atoms with Crippen molar-refractivity contribution in [3.63, 3.8) is 0 Å². The van der Waals surface area contributed by atoms with Crippen LogP contribution >= 0.6 is 0 Å². The monoisotopic (exact) mass is 238 g/mol. The molecule has 1 unspecified atom stereocenters. The second kappa shape index (κ2) is 5.27. The van der Waals surface area contributed by atoms with E-state index in [-0.39, 0.29) is 17.7 Å². The predicted molar refractivity (Wildman–Crippen MR) is 63.4 cm³/mol. The van der Waals surface area contributed by atoms with Crippen LogP contribution in [0.25, 0.3) is 0 Å². The fourth-order valence-corrected chi connectivity index (χ4v) is 2.17. The highest BCUT2D eigenvalue weighted by atomic mass is 16.2. The maximum Gasteiger partial charge on any atom is 0.248 e. The molecule has 6 nitrogen and oxygen atoms in total. The summed E-state index contributed by atoms with van der Waals surface area (Å²) in [6.07, 6.45) is 0.981. The molecule has 2 amide bonds. The van der Waals surface area contributed by atoms with Crippen LogP contribution in [0.3, 0.4) is 0 Å². The molecule has 0 spiro atoms. The SMILES string of the molecule is CC1=NNC(=O)C1CCC(=O)N1CCNCC1. The van der Waals surface area contributed by atoms with Crippen LogP contribution in [0.1, 0.15) is 19.8 Å². The number of carbonyl (C=O) groups excluding carboxylic acids is 2. The van der Waals surface area contributed by atoms with E-state index < -0.39 is 0 Å². The third-order valence-electron chi connectivity index (χ3n) is 3.28. The minimum absolute atomic E-state index is 0.0874. The zero-order valence-electron chi connectivity index (χ0n) is 10.0. The molecule has 6 heteroatoms. The van der Waals surface area contributed by atoms with E-state index in [0.717, 1.165) is 31.9 Å². The predicted octanol–water partition coefficient (Wildman–Crippen LogP) is -0.680. The van der Waals surface area contributed by atoms with Gasteiger partial charge in [-0.1, -0.05) is 0 Å². The van der Waals surface area contributed by atoms with Gasteiger partial charge < -0.3 is 10.2 Å². The van der Waals surface area contributed by atoms with Gasteiger partial charge in [-0.15, -0.1) is 0 Å². The Morgan fingerprint density at radius 1 is 1.47 bits per heavy atom. The minimum Gasteiger partial charge on any atom is -0.340 e. The van der Waals surface area contributed by atoms with Crippen LogP contribution < -0.4 is 10.7 Å². The molecule has 1 saturated heterocycles. The van der Waals surface area contributed by atoms with Crippen LogP contribution in [0.2, 0.25) is 0 Å². The molecular formula is C11H18N4O2. The van der Waals surface area contributed by atoms with Crippen molar-refractivity contribution in [3.8, 4) is 0 Å². The summed E-state index contributed by atoms with van der Waals surface area (Å²) in [5.74, 6) is -0.170. The number of nitrogens with one attached hydrogen (secondary N) is 2. The summed E-state index contributed by atoms with van der Waals surface area (Å²) in [6.45, 7) is 5.07. The number of amides is 2. The van der Waals surface area contributed by atoms with Crippen molar-refractivity contribution in [2.45, 2.75) is 19.8 Å². The molecule has 0 radical (unpaired) electrons. The molecule has 1 fully saturated rings. The second-order valence-electron chi connectivity index (χ2n) is 4.45. The smallest absolute Gasteiger partial charge is 0.248 e. The number of piperazine rings is 1. The highest BCUT2D eigenvalue weighted by molar-refractivity contribution is 6.07. The van der Waals surface area contributed by atoms with E-state index in [9.17, 15) is 9.59 Å². The fraction of sp³-hybridized carbons (Fsp3) is 0.727. The summed E-state index contributed by atoms with van der Waals surface area (Å²) < 4.78 is 0. The van der Waals surface area contributed by atoms with Gasteiger partial charge in [-0.2, -0.15) is 5.10 Å². The average Bonchev–Trinajstić information content (AvgIpc) is 2.67. The first-order valence-electron chi connectivity index (χ1n) is 6.01. The third-order valence-corrected chi connectivity index (χ3v) is 3.28. The van der Waals surface area contributed by atoms with Crippen LogP contribution in [0.5, 0.6) is 0 Å². The van der Waals surface area contributed by atoms with Crippen molar-refractivity contribution in [3.05, 3.63) is 0 Å². The first-order chi connectivity index (χ1) is 8.18. The van der Waals surface area contributed by atoms with Crippen molar-refractivity contribution in [2.75, 3.05) is 26.2 Å². The topological polar surface area (TPSA) is 73.8 Å². The number of hydrazone groups is 1. The summed E-state index contributed by atoms with van der Waals surface area (Å²) in [5.41, 5.74) is 3.22. The highest BCUT2D eigenvalue weighted by Gasteiger charge is 2.28. The van der Waals surface area contributed by atoms with Gasteiger partial charge in [-0.05, 0) is 13.3 Å². The van der Waals surface area contributed by atoms with Crippen LogP contribution in [-0.2, 0) is 9.59 Å². The van der Waals surface area contributed by atoms with Gasteiger partial charge in [0.25, 0.3) is 0 Å². The Balaban J connectivity index is 1.79. The average molecular weight is 238 g/mol. The molecule has 1 atom stereocenters. The lowest BCUT2D eigenvalue weighted by Gasteiger charge is -2.27. The minimum atomic E-state index is -0.220. The maximum atomic E-state index is 11.9. The number of carbonyl (C=O) groups is 2. The van der Waals surface area contributed by atoms with E-state index in [4.69, 9.17) is 0 Å². The van der Waals surface area contributed by atoms with Gasteiger partial charge in [0, 0.05) is 38.3 Å². The Hall–Kier alpha value is -1.43. The molecule has 94 valence electrons. The summed E-state index contributed by atoms with van der Waals surface area (Å²) in [7, 11) is 0. The van der Waals surface area contributed by atoms with Crippen molar-refractivity contribution >= 4 is 17.5 Å². The molecule has 2 rings (SSSR count). The molecule has 0 bridgehead atoms. The summed E-state index contributed by atoms with van der Waals surface area (Å²) in [6, 6.07) is 0. The van der Waals surface area contributed by atoms with Gasteiger partial charge in [0.15, 0.2) is 0 Å². The Labute approximate surface area is 100 Å². The van der Waals surface area contributed by atoms with Gasteiger partial charge in [0.2, 0.25) is 11.8 Å². The lowest BCUT2D eigenvalue weighted by Crippen LogP contribution is -2.46. The normalized spacial score (nSPS) is 24.5. The van der Waals surface area contributed by atoms with E-state index in [1.165, 1.54) is 0 Å². The Kier molecular flexibility index (Phi) is 3.73. The summed E-state index contributed by atoms with van der Waals surface area (Å²) in [4.78, 5) is 25.2. The van der Waals surface area contributed by atoms with Crippen molar-refractivity contribution in [1.82, 2.24) is 15.6 Å². The summed E-state index contributed by atoms with van der Waals surface area (Å²) >= 11 is 0. The molecule has 2 N–H and O–H groups in total. The zero-order chi connectivity index (χ0) is 12.3. The van der Waals surface area contributed by atoms with Gasteiger partial charge in [-0.25, -0.2) is 5.43 Å². The lowest BCUT2D eigenvalue weighted by atomic mass is 9.98. The van der Waals surface area contributed by atoms with E-state index in [1.54, 1.807) is 0 Å². The van der Waals surface area contributed by atoms with E-state index in [2.05, 4.69) is 15.8 Å². The molecule has 17 heavy (non-hydrogen) atoms. The van der Waals surface area contributed by atoms with E-state index in [0.29, 0.717) is 12.8 Å². The largest absolute Gasteiger partial charge is 0.340 e. The van der Waals surface area contributed by atoms with Crippen LogP contribution in [0.15, 0.2) is 5.10 Å². The van der Waals surface area contributed by atoms with Crippen molar-refractivity contribution in [2.24, 2.45) is 11.0 Å². The van der Waals surface area contributed by atoms with Crippen LogP contribution in [0.4, 0.5) is 0 Å². The third kappa shape index (κ3) is 2.82. The number of hydrogen-bond donors (Lipinski definition) is 2. The maximum absolute atomic E-state index is 11.9. The van der Waals surface area contributed by atoms with E-state index >= 15 is 0 Å². The molecule has 0 aromatic rings. The number of nitrogens with zero attached hydrogens (tertiary/aromatic N) is 2. The zero-order valence-corrected chi connectivity index (χ0v) is 10.0. The first-order valence-corrected chi connectivity index (χ1v) is 6.01. The quantitative estimate of drug-likeness (QED) is 0.684. The van der Waals surface area contributed by atoms with Crippen LogP contribution in [-0.4, -0.2) is 48.6 Å². The van der Waals surface area contributed by atoms with Gasteiger partial charge in [0.1, 0.15) is 0 Å². The Morgan fingerprint density at radius 3 is 2.76 bits per heavy atom. The fourth-order valence-electron chi connectivity index (χ4n) is 2.17. The molecule has 0 aromatic heterocycles. The molecule has 0 aliphatic carbocycles. The molecule has 2 heterocycles. The van der Waals surface area contributed by atoms with Gasteiger partial charge >= 0.3 is 0 Å². The van der Waals surface area contributed by atoms with Crippen molar-refractivity contribution in [1.29, 1.82) is 0 Å². The molecule has 2 aliphatic rings.